The number of allylic oxidation sites excluding steroid dienone is 3. The highest BCUT2D eigenvalue weighted by Gasteiger charge is 2.23. The Hall–Kier alpha value is -1.13. The van der Waals surface area contributed by atoms with Crippen molar-refractivity contribution in [1.29, 1.82) is 0 Å². The average Bonchev–Trinajstić information content (AvgIpc) is 2.18. The zero-order chi connectivity index (χ0) is 11.0. The molecule has 0 aromatic carbocycles. The van der Waals surface area contributed by atoms with Crippen molar-refractivity contribution in [2.24, 2.45) is 0 Å². The monoisotopic (exact) mass is 199 g/mol. The molecule has 3 N–H and O–H groups in total. The van der Waals surface area contributed by atoms with Gasteiger partial charge in [0.25, 0.3) is 0 Å². The lowest BCUT2D eigenvalue weighted by Gasteiger charge is -2.25. The van der Waals surface area contributed by atoms with Crippen LogP contribution in [-0.4, -0.2) is 34.9 Å². The van der Waals surface area contributed by atoms with E-state index in [2.05, 4.69) is 5.32 Å². The topological polar surface area (TPSA) is 69.6 Å². The summed E-state index contributed by atoms with van der Waals surface area (Å²) in [6.07, 6.45) is 6.43. The predicted octanol–water partition coefficient (Wildman–Crippen LogP) is -0.0218. The summed E-state index contributed by atoms with van der Waals surface area (Å²) in [6, 6.07) is 0. The Morgan fingerprint density at radius 2 is 1.93 bits per heavy atom. The summed E-state index contributed by atoms with van der Waals surface area (Å²) < 4.78 is 0. The summed E-state index contributed by atoms with van der Waals surface area (Å²) in [5.41, 5.74) is -0.961. The molecule has 0 atom stereocenters. The second kappa shape index (κ2) is 6.34. The van der Waals surface area contributed by atoms with Crippen molar-refractivity contribution in [3.8, 4) is 0 Å². The molecule has 4 heteroatoms. The average molecular weight is 199 g/mol. The standard InChI is InChI=1S/C10H17NO3/c1-3-4-5-6-9(14)11-10(2,7-12)8-13/h3-6,12-13H,7-8H2,1-2H3,(H,11,14)/b4-3+,6-5?. The van der Waals surface area contributed by atoms with Gasteiger partial charge in [0.05, 0.1) is 18.8 Å². The largest absolute Gasteiger partial charge is 0.394 e. The highest BCUT2D eigenvalue weighted by molar-refractivity contribution is 5.88. The number of hydrogen-bond acceptors (Lipinski definition) is 3. The first-order chi connectivity index (χ1) is 6.58. The van der Waals surface area contributed by atoms with Crippen LogP contribution in [-0.2, 0) is 4.79 Å². The third-order valence-corrected chi connectivity index (χ3v) is 1.67. The molecule has 0 fully saturated rings. The number of carbonyl (C=O) groups excluding carboxylic acids is 1. The highest BCUT2D eigenvalue weighted by Crippen LogP contribution is 2.00. The maximum Gasteiger partial charge on any atom is 0.244 e. The molecule has 14 heavy (non-hydrogen) atoms. The molecule has 4 nitrogen and oxygen atoms in total. The lowest BCUT2D eigenvalue weighted by molar-refractivity contribution is -0.119. The Balaban J connectivity index is 4.17. The van der Waals surface area contributed by atoms with Crippen LogP contribution in [0.2, 0.25) is 0 Å². The van der Waals surface area contributed by atoms with Gasteiger partial charge in [-0.05, 0) is 13.8 Å². The molecule has 0 heterocycles. The van der Waals surface area contributed by atoms with Crippen LogP contribution in [0.15, 0.2) is 24.3 Å². The summed E-state index contributed by atoms with van der Waals surface area (Å²) in [4.78, 5) is 11.2. The van der Waals surface area contributed by atoms with Crippen LogP contribution in [0.1, 0.15) is 13.8 Å². The molecule has 0 aliphatic carbocycles. The number of aliphatic hydroxyl groups is 2. The van der Waals surface area contributed by atoms with E-state index in [0.29, 0.717) is 0 Å². The van der Waals surface area contributed by atoms with Gasteiger partial charge >= 0.3 is 0 Å². The quantitative estimate of drug-likeness (QED) is 0.430. The van der Waals surface area contributed by atoms with Crippen molar-refractivity contribution >= 4 is 5.91 Å². The van der Waals surface area contributed by atoms with Crippen LogP contribution in [0.25, 0.3) is 0 Å². The van der Waals surface area contributed by atoms with Gasteiger partial charge in [-0.1, -0.05) is 18.2 Å². The number of amides is 1. The van der Waals surface area contributed by atoms with Gasteiger partial charge in [-0.3, -0.25) is 4.79 Å². The minimum Gasteiger partial charge on any atom is -0.394 e. The van der Waals surface area contributed by atoms with Crippen molar-refractivity contribution in [1.82, 2.24) is 5.32 Å². The molecule has 0 saturated heterocycles. The van der Waals surface area contributed by atoms with Gasteiger partial charge in [0.15, 0.2) is 0 Å². The van der Waals surface area contributed by atoms with Gasteiger partial charge < -0.3 is 15.5 Å². The van der Waals surface area contributed by atoms with Crippen molar-refractivity contribution in [2.45, 2.75) is 19.4 Å². The molecular weight excluding hydrogens is 182 g/mol. The third kappa shape index (κ3) is 4.79. The number of carbonyl (C=O) groups is 1. The molecule has 0 unspecified atom stereocenters. The molecule has 0 spiro atoms. The van der Waals surface area contributed by atoms with Crippen LogP contribution >= 0.6 is 0 Å². The lowest BCUT2D eigenvalue weighted by atomic mass is 10.1. The Bertz CT molecular complexity index is 230. The van der Waals surface area contributed by atoms with Gasteiger partial charge in [0.1, 0.15) is 0 Å². The smallest absolute Gasteiger partial charge is 0.244 e. The number of rotatable bonds is 5. The minimum absolute atomic E-state index is 0.299. The van der Waals surface area contributed by atoms with Crippen LogP contribution in [0, 0.1) is 0 Å². The molecule has 0 aliphatic heterocycles. The van der Waals surface area contributed by atoms with E-state index in [1.807, 2.05) is 6.92 Å². The summed E-state index contributed by atoms with van der Waals surface area (Å²) in [5.74, 6) is -0.339. The van der Waals surface area contributed by atoms with Gasteiger partial charge in [0.2, 0.25) is 5.91 Å². The fourth-order valence-electron chi connectivity index (χ4n) is 0.722. The molecule has 0 radical (unpaired) electrons. The summed E-state index contributed by atoms with van der Waals surface area (Å²) in [7, 11) is 0. The molecule has 1 amide bonds. The first-order valence-electron chi connectivity index (χ1n) is 4.41. The zero-order valence-corrected chi connectivity index (χ0v) is 8.53. The molecule has 0 aromatic heterocycles. The molecule has 0 saturated carbocycles. The molecule has 0 aromatic rings. The maximum atomic E-state index is 11.2. The Kier molecular flexibility index (Phi) is 5.83. The Morgan fingerprint density at radius 1 is 1.36 bits per heavy atom. The summed E-state index contributed by atoms with van der Waals surface area (Å²) in [6.45, 7) is 2.81. The molecule has 0 bridgehead atoms. The van der Waals surface area contributed by atoms with Crippen molar-refractivity contribution in [2.75, 3.05) is 13.2 Å². The zero-order valence-electron chi connectivity index (χ0n) is 8.53. The summed E-state index contributed by atoms with van der Waals surface area (Å²) in [5, 5.41) is 20.3. The van der Waals surface area contributed by atoms with E-state index in [-0.39, 0.29) is 19.1 Å². The number of aliphatic hydroxyl groups excluding tert-OH is 2. The van der Waals surface area contributed by atoms with Crippen molar-refractivity contribution < 1.29 is 15.0 Å². The van der Waals surface area contributed by atoms with Crippen LogP contribution in [0.5, 0.6) is 0 Å². The first kappa shape index (κ1) is 12.9. The molecule has 0 rings (SSSR count). The molecule has 80 valence electrons. The number of hydrogen-bond donors (Lipinski definition) is 3. The highest BCUT2D eigenvalue weighted by atomic mass is 16.3. The van der Waals surface area contributed by atoms with E-state index in [1.54, 1.807) is 25.2 Å². The van der Waals surface area contributed by atoms with Crippen molar-refractivity contribution in [3.05, 3.63) is 24.3 Å². The van der Waals surface area contributed by atoms with E-state index in [1.165, 1.54) is 6.08 Å². The van der Waals surface area contributed by atoms with Gasteiger partial charge in [-0.25, -0.2) is 0 Å². The van der Waals surface area contributed by atoms with Crippen LogP contribution in [0.4, 0.5) is 0 Å². The second-order valence-corrected chi connectivity index (χ2v) is 3.25. The predicted molar refractivity (Wildman–Crippen MR) is 54.7 cm³/mol. The normalized spacial score (nSPS) is 12.6. The first-order valence-corrected chi connectivity index (χ1v) is 4.41. The Morgan fingerprint density at radius 3 is 2.36 bits per heavy atom. The maximum absolute atomic E-state index is 11.2. The van der Waals surface area contributed by atoms with E-state index >= 15 is 0 Å². The lowest BCUT2D eigenvalue weighted by Crippen LogP contribution is -2.51. The van der Waals surface area contributed by atoms with Crippen LogP contribution < -0.4 is 5.32 Å². The SMILES string of the molecule is C/C=C/C=CC(=O)NC(C)(CO)CO. The Labute approximate surface area is 83.9 Å². The van der Waals surface area contributed by atoms with E-state index in [4.69, 9.17) is 10.2 Å². The van der Waals surface area contributed by atoms with Gasteiger partial charge in [-0.15, -0.1) is 0 Å². The third-order valence-electron chi connectivity index (χ3n) is 1.67. The fourth-order valence-corrected chi connectivity index (χ4v) is 0.722. The minimum atomic E-state index is -0.961. The molecule has 0 aliphatic rings. The van der Waals surface area contributed by atoms with Crippen LogP contribution in [0.3, 0.4) is 0 Å². The van der Waals surface area contributed by atoms with E-state index in [9.17, 15) is 4.79 Å². The van der Waals surface area contributed by atoms with E-state index < -0.39 is 5.54 Å². The fraction of sp³-hybridized carbons (Fsp3) is 0.500. The summed E-state index contributed by atoms with van der Waals surface area (Å²) >= 11 is 0. The number of nitrogens with one attached hydrogen (secondary N) is 1. The van der Waals surface area contributed by atoms with Gasteiger partial charge in [0, 0.05) is 6.08 Å². The molecular formula is C10H17NO3. The van der Waals surface area contributed by atoms with E-state index in [0.717, 1.165) is 0 Å². The van der Waals surface area contributed by atoms with Crippen molar-refractivity contribution in [3.63, 3.8) is 0 Å². The van der Waals surface area contributed by atoms with Gasteiger partial charge in [-0.2, -0.15) is 0 Å². The second-order valence-electron chi connectivity index (χ2n) is 3.25.